The van der Waals surface area contributed by atoms with Crippen LogP contribution in [0.4, 0.5) is 5.69 Å². The highest BCUT2D eigenvalue weighted by Gasteiger charge is 2.37. The molecule has 0 saturated heterocycles. The van der Waals surface area contributed by atoms with Crippen LogP contribution < -0.4 is 11.1 Å². The van der Waals surface area contributed by atoms with E-state index in [-0.39, 0.29) is 11.8 Å². The SMILES string of the molecule is CCOCCOCc1cccc(NC(=O)C2CCCCC2(C)N)c1. The van der Waals surface area contributed by atoms with E-state index in [1.807, 2.05) is 38.1 Å². The fourth-order valence-corrected chi connectivity index (χ4v) is 3.21. The summed E-state index contributed by atoms with van der Waals surface area (Å²) in [5.41, 5.74) is 7.73. The maximum absolute atomic E-state index is 12.6. The van der Waals surface area contributed by atoms with Crippen LogP contribution in [0.25, 0.3) is 0 Å². The molecule has 5 heteroatoms. The molecule has 0 radical (unpaired) electrons. The first kappa shape index (κ1) is 18.9. The largest absolute Gasteiger partial charge is 0.379 e. The summed E-state index contributed by atoms with van der Waals surface area (Å²) in [6.45, 7) is 6.33. The van der Waals surface area contributed by atoms with Crippen molar-refractivity contribution in [2.45, 2.75) is 51.7 Å². The molecule has 2 unspecified atom stereocenters. The van der Waals surface area contributed by atoms with Gasteiger partial charge in [0.1, 0.15) is 0 Å². The van der Waals surface area contributed by atoms with E-state index in [1.54, 1.807) is 0 Å². The molecule has 1 aromatic rings. The number of ether oxygens (including phenoxy) is 2. The number of nitrogens with one attached hydrogen (secondary N) is 1. The van der Waals surface area contributed by atoms with E-state index in [2.05, 4.69) is 5.32 Å². The van der Waals surface area contributed by atoms with Gasteiger partial charge in [0.15, 0.2) is 0 Å². The zero-order valence-electron chi connectivity index (χ0n) is 14.8. The summed E-state index contributed by atoms with van der Waals surface area (Å²) in [6.07, 6.45) is 3.93. The first-order valence-electron chi connectivity index (χ1n) is 8.87. The summed E-state index contributed by atoms with van der Waals surface area (Å²) in [5.74, 6) is -0.105. The maximum Gasteiger partial charge on any atom is 0.229 e. The predicted molar refractivity (Wildman–Crippen MR) is 95.8 cm³/mol. The Morgan fingerprint density at radius 2 is 2.12 bits per heavy atom. The van der Waals surface area contributed by atoms with Crippen molar-refractivity contribution in [1.29, 1.82) is 0 Å². The summed E-state index contributed by atoms with van der Waals surface area (Å²) in [5, 5.41) is 3.02. The van der Waals surface area contributed by atoms with E-state index in [1.165, 1.54) is 0 Å². The third-order valence-electron chi connectivity index (χ3n) is 4.61. The first-order valence-corrected chi connectivity index (χ1v) is 8.87. The van der Waals surface area contributed by atoms with Crippen LogP contribution in [0, 0.1) is 5.92 Å². The highest BCUT2D eigenvalue weighted by molar-refractivity contribution is 5.93. The molecule has 2 atom stereocenters. The third-order valence-corrected chi connectivity index (χ3v) is 4.61. The van der Waals surface area contributed by atoms with Crippen LogP contribution in [0.3, 0.4) is 0 Å². The summed E-state index contributed by atoms with van der Waals surface area (Å²) in [7, 11) is 0. The Labute approximate surface area is 144 Å². The van der Waals surface area contributed by atoms with Crippen LogP contribution in [0.15, 0.2) is 24.3 Å². The molecule has 3 N–H and O–H groups in total. The number of carbonyl (C=O) groups excluding carboxylic acids is 1. The zero-order valence-corrected chi connectivity index (χ0v) is 14.8. The van der Waals surface area contributed by atoms with Gasteiger partial charge in [0.25, 0.3) is 0 Å². The molecule has 1 amide bonds. The van der Waals surface area contributed by atoms with Gasteiger partial charge in [0, 0.05) is 17.8 Å². The summed E-state index contributed by atoms with van der Waals surface area (Å²) >= 11 is 0. The van der Waals surface area contributed by atoms with Crippen LogP contribution in [-0.2, 0) is 20.9 Å². The lowest BCUT2D eigenvalue weighted by Crippen LogP contribution is -2.51. The Balaban J connectivity index is 1.88. The van der Waals surface area contributed by atoms with Crippen molar-refractivity contribution in [3.8, 4) is 0 Å². The Bertz CT molecular complexity index is 531. The van der Waals surface area contributed by atoms with Crippen LogP contribution >= 0.6 is 0 Å². The number of anilines is 1. The van der Waals surface area contributed by atoms with E-state index in [0.29, 0.717) is 26.4 Å². The minimum atomic E-state index is -0.414. The van der Waals surface area contributed by atoms with Gasteiger partial charge >= 0.3 is 0 Å². The van der Waals surface area contributed by atoms with Gasteiger partial charge in [-0.1, -0.05) is 25.0 Å². The Morgan fingerprint density at radius 1 is 1.33 bits per heavy atom. The van der Waals surface area contributed by atoms with Crippen molar-refractivity contribution in [2.75, 3.05) is 25.1 Å². The summed E-state index contributed by atoms with van der Waals surface area (Å²) in [4.78, 5) is 12.6. The second kappa shape index (κ2) is 9.16. The number of nitrogens with two attached hydrogens (primary N) is 1. The molecule has 0 heterocycles. The van der Waals surface area contributed by atoms with Gasteiger partial charge in [-0.05, 0) is 44.4 Å². The molecule has 24 heavy (non-hydrogen) atoms. The molecule has 5 nitrogen and oxygen atoms in total. The average molecular weight is 334 g/mol. The van der Waals surface area contributed by atoms with Gasteiger partial charge in [-0.25, -0.2) is 0 Å². The monoisotopic (exact) mass is 334 g/mol. The number of hydrogen-bond acceptors (Lipinski definition) is 4. The highest BCUT2D eigenvalue weighted by Crippen LogP contribution is 2.32. The fourth-order valence-electron chi connectivity index (χ4n) is 3.21. The Morgan fingerprint density at radius 3 is 2.88 bits per heavy atom. The lowest BCUT2D eigenvalue weighted by Gasteiger charge is -2.37. The van der Waals surface area contributed by atoms with E-state index in [0.717, 1.165) is 36.9 Å². The van der Waals surface area contributed by atoms with Crippen molar-refractivity contribution >= 4 is 11.6 Å². The minimum Gasteiger partial charge on any atom is -0.379 e. The first-order chi connectivity index (χ1) is 11.5. The Hall–Kier alpha value is -1.43. The van der Waals surface area contributed by atoms with Gasteiger partial charge in [-0.15, -0.1) is 0 Å². The molecule has 0 aliphatic heterocycles. The van der Waals surface area contributed by atoms with Crippen LogP contribution in [-0.4, -0.2) is 31.3 Å². The smallest absolute Gasteiger partial charge is 0.229 e. The predicted octanol–water partition coefficient (Wildman–Crippen LogP) is 3.09. The van der Waals surface area contributed by atoms with Gasteiger partial charge in [-0.3, -0.25) is 4.79 Å². The van der Waals surface area contributed by atoms with Crippen LogP contribution in [0.2, 0.25) is 0 Å². The standard InChI is InChI=1S/C19H30N2O3/c1-3-23-11-12-24-14-15-7-6-8-16(13-15)21-18(22)17-9-4-5-10-19(17,2)20/h6-8,13,17H,3-5,9-12,14,20H2,1-2H3,(H,21,22). The van der Waals surface area contributed by atoms with Gasteiger partial charge in [0.05, 0.1) is 25.7 Å². The molecule has 0 bridgehead atoms. The molecule has 1 saturated carbocycles. The quantitative estimate of drug-likeness (QED) is 0.717. The average Bonchev–Trinajstić information content (AvgIpc) is 2.54. The molecule has 1 aromatic carbocycles. The second-order valence-corrected chi connectivity index (χ2v) is 6.74. The molecule has 134 valence electrons. The molecule has 0 spiro atoms. The van der Waals surface area contributed by atoms with Crippen molar-refractivity contribution < 1.29 is 14.3 Å². The van der Waals surface area contributed by atoms with E-state index in [4.69, 9.17) is 15.2 Å². The van der Waals surface area contributed by atoms with Crippen LogP contribution in [0.5, 0.6) is 0 Å². The van der Waals surface area contributed by atoms with Crippen LogP contribution in [0.1, 0.15) is 45.1 Å². The number of amides is 1. The molecular weight excluding hydrogens is 304 g/mol. The van der Waals surface area contributed by atoms with E-state index in [9.17, 15) is 4.79 Å². The van der Waals surface area contributed by atoms with E-state index < -0.39 is 5.54 Å². The third kappa shape index (κ3) is 5.58. The molecule has 1 aliphatic carbocycles. The van der Waals surface area contributed by atoms with Gasteiger partial charge in [-0.2, -0.15) is 0 Å². The highest BCUT2D eigenvalue weighted by atomic mass is 16.5. The second-order valence-electron chi connectivity index (χ2n) is 6.74. The molecule has 0 aromatic heterocycles. The number of benzene rings is 1. The van der Waals surface area contributed by atoms with Crippen molar-refractivity contribution in [3.63, 3.8) is 0 Å². The molecule has 1 aliphatic rings. The van der Waals surface area contributed by atoms with Gasteiger partial charge in [0.2, 0.25) is 5.91 Å². The van der Waals surface area contributed by atoms with Crippen molar-refractivity contribution in [1.82, 2.24) is 0 Å². The zero-order chi connectivity index (χ0) is 17.4. The number of rotatable bonds is 8. The summed E-state index contributed by atoms with van der Waals surface area (Å²) < 4.78 is 10.8. The molecule has 1 fully saturated rings. The molecule has 2 rings (SSSR count). The van der Waals surface area contributed by atoms with Crippen molar-refractivity contribution in [2.24, 2.45) is 11.7 Å². The molecular formula is C19H30N2O3. The maximum atomic E-state index is 12.6. The van der Waals surface area contributed by atoms with Gasteiger partial charge < -0.3 is 20.5 Å². The topological polar surface area (TPSA) is 73.6 Å². The summed E-state index contributed by atoms with van der Waals surface area (Å²) in [6, 6.07) is 7.77. The lowest BCUT2D eigenvalue weighted by atomic mass is 9.74. The van der Waals surface area contributed by atoms with Crippen molar-refractivity contribution in [3.05, 3.63) is 29.8 Å². The lowest BCUT2D eigenvalue weighted by molar-refractivity contribution is -0.122. The fraction of sp³-hybridized carbons (Fsp3) is 0.632. The normalized spacial score (nSPS) is 23.9. The minimum absolute atomic E-state index is 0.0223. The Kier molecular flexibility index (Phi) is 7.21. The van der Waals surface area contributed by atoms with E-state index >= 15 is 0 Å². The number of hydrogen-bond donors (Lipinski definition) is 2. The number of carbonyl (C=O) groups is 1.